The number of hydrogen-bond acceptors (Lipinski definition) is 5. The van der Waals surface area contributed by atoms with Crippen molar-refractivity contribution in [3.8, 4) is 5.75 Å². The summed E-state index contributed by atoms with van der Waals surface area (Å²) in [6.45, 7) is 3.16. The van der Waals surface area contributed by atoms with Gasteiger partial charge in [0.2, 0.25) is 0 Å². The Hall–Kier alpha value is -1.18. The number of carbonyl (C=O) groups is 1. The Bertz CT molecular complexity index is 762. The molecule has 0 fully saturated rings. The average molecular weight is 375 g/mol. The Morgan fingerprint density at radius 3 is 2.50 bits per heavy atom. The number of Topliss-reactive ketones (excluding diaryl/α,β-unsaturated/α-hetero) is 1. The van der Waals surface area contributed by atoms with Crippen molar-refractivity contribution in [2.24, 2.45) is 0 Å². The van der Waals surface area contributed by atoms with Gasteiger partial charge in [-0.25, -0.2) is 0 Å². The van der Waals surface area contributed by atoms with Crippen LogP contribution in [0.3, 0.4) is 0 Å². The molecule has 0 amide bonds. The highest BCUT2D eigenvalue weighted by Gasteiger charge is 2.21. The molecule has 0 saturated carbocycles. The van der Waals surface area contributed by atoms with Crippen LogP contribution in [0.5, 0.6) is 5.75 Å². The van der Waals surface area contributed by atoms with Gasteiger partial charge in [-0.3, -0.25) is 4.79 Å². The molecule has 7 heteroatoms. The lowest BCUT2D eigenvalue weighted by Gasteiger charge is -2.09. The van der Waals surface area contributed by atoms with Gasteiger partial charge in [-0.15, -0.1) is 11.3 Å². The molecule has 1 aromatic carbocycles. The highest BCUT2D eigenvalue weighted by atomic mass is 79.9. The minimum Gasteiger partial charge on any atom is -0.378 e. The van der Waals surface area contributed by atoms with Gasteiger partial charge in [0.1, 0.15) is 0 Å². The quantitative estimate of drug-likeness (QED) is 0.603. The predicted octanol–water partition coefficient (Wildman–Crippen LogP) is 3.79. The zero-order valence-corrected chi connectivity index (χ0v) is 13.9. The SMILES string of the molecule is CC(=O)c1ccc(C)cc1OS(=O)(=O)c1ccc(Br)s1. The minimum absolute atomic E-state index is 0.0574. The second kappa shape index (κ2) is 5.67. The van der Waals surface area contributed by atoms with Crippen molar-refractivity contribution in [2.75, 3.05) is 0 Å². The fraction of sp³-hybridized carbons (Fsp3) is 0.154. The van der Waals surface area contributed by atoms with Gasteiger partial charge in [-0.05, 0) is 59.6 Å². The highest BCUT2D eigenvalue weighted by molar-refractivity contribution is 9.11. The van der Waals surface area contributed by atoms with E-state index in [1.807, 2.05) is 0 Å². The van der Waals surface area contributed by atoms with Gasteiger partial charge in [0.05, 0.1) is 9.35 Å². The van der Waals surface area contributed by atoms with Crippen LogP contribution in [0.25, 0.3) is 0 Å². The fourth-order valence-electron chi connectivity index (χ4n) is 1.58. The molecule has 20 heavy (non-hydrogen) atoms. The Morgan fingerprint density at radius 2 is 1.95 bits per heavy atom. The van der Waals surface area contributed by atoms with Crippen LogP contribution in [0.1, 0.15) is 22.8 Å². The van der Waals surface area contributed by atoms with Gasteiger partial charge in [-0.2, -0.15) is 8.42 Å². The monoisotopic (exact) mass is 374 g/mol. The van der Waals surface area contributed by atoms with Crippen LogP contribution in [0.2, 0.25) is 0 Å². The molecule has 0 N–H and O–H groups in total. The number of hydrogen-bond donors (Lipinski definition) is 0. The Morgan fingerprint density at radius 1 is 1.25 bits per heavy atom. The second-order valence-electron chi connectivity index (χ2n) is 4.15. The van der Waals surface area contributed by atoms with E-state index in [9.17, 15) is 13.2 Å². The summed E-state index contributed by atoms with van der Waals surface area (Å²) in [6.07, 6.45) is 0. The van der Waals surface area contributed by atoms with E-state index in [0.29, 0.717) is 3.79 Å². The maximum atomic E-state index is 12.2. The van der Waals surface area contributed by atoms with Crippen LogP contribution in [0.15, 0.2) is 38.3 Å². The third kappa shape index (κ3) is 3.28. The van der Waals surface area contributed by atoms with Gasteiger partial charge in [0.15, 0.2) is 15.7 Å². The zero-order valence-electron chi connectivity index (χ0n) is 10.7. The summed E-state index contributed by atoms with van der Waals surface area (Å²) in [6, 6.07) is 7.91. The average Bonchev–Trinajstić information content (AvgIpc) is 2.75. The van der Waals surface area contributed by atoms with Gasteiger partial charge >= 0.3 is 10.1 Å². The predicted molar refractivity (Wildman–Crippen MR) is 81.0 cm³/mol. The first kappa shape index (κ1) is 15.2. The van der Waals surface area contributed by atoms with Crippen molar-refractivity contribution in [3.05, 3.63) is 45.2 Å². The van der Waals surface area contributed by atoms with Crippen LogP contribution in [0, 0.1) is 6.92 Å². The van der Waals surface area contributed by atoms with Crippen molar-refractivity contribution in [3.63, 3.8) is 0 Å². The summed E-state index contributed by atoms with van der Waals surface area (Å²) in [7, 11) is -3.93. The number of ketones is 1. The van der Waals surface area contributed by atoms with Crippen molar-refractivity contribution < 1.29 is 17.4 Å². The highest BCUT2D eigenvalue weighted by Crippen LogP contribution is 2.30. The summed E-state index contributed by atoms with van der Waals surface area (Å²) >= 11 is 4.25. The number of thiophene rings is 1. The third-order valence-corrected chi connectivity index (χ3v) is 5.82. The molecule has 0 unspecified atom stereocenters. The van der Waals surface area contributed by atoms with Gasteiger partial charge < -0.3 is 4.18 Å². The third-order valence-electron chi connectivity index (χ3n) is 2.51. The van der Waals surface area contributed by atoms with E-state index in [4.69, 9.17) is 4.18 Å². The molecule has 2 rings (SSSR count). The number of benzene rings is 1. The molecular weight excluding hydrogens is 364 g/mol. The van der Waals surface area contributed by atoms with E-state index in [-0.39, 0.29) is 21.3 Å². The molecule has 0 bridgehead atoms. The van der Waals surface area contributed by atoms with Crippen molar-refractivity contribution in [2.45, 2.75) is 18.1 Å². The number of rotatable bonds is 4. The molecule has 106 valence electrons. The second-order valence-corrected chi connectivity index (χ2v) is 8.39. The van der Waals surface area contributed by atoms with Gasteiger partial charge in [0.25, 0.3) is 0 Å². The first-order valence-corrected chi connectivity index (χ1v) is 8.63. The normalized spacial score (nSPS) is 11.3. The van der Waals surface area contributed by atoms with Crippen molar-refractivity contribution in [1.29, 1.82) is 0 Å². The van der Waals surface area contributed by atoms with Gasteiger partial charge in [-0.1, -0.05) is 6.07 Å². The molecule has 0 aliphatic rings. The van der Waals surface area contributed by atoms with E-state index in [1.54, 1.807) is 25.1 Å². The van der Waals surface area contributed by atoms with E-state index in [0.717, 1.165) is 16.9 Å². The van der Waals surface area contributed by atoms with Crippen LogP contribution < -0.4 is 4.18 Å². The first-order valence-electron chi connectivity index (χ1n) is 5.61. The zero-order chi connectivity index (χ0) is 14.9. The molecule has 2 aromatic rings. The fourth-order valence-corrected chi connectivity index (χ4v) is 4.49. The molecule has 0 saturated heterocycles. The first-order chi connectivity index (χ1) is 9.29. The van der Waals surface area contributed by atoms with Crippen LogP contribution >= 0.6 is 27.3 Å². The largest absolute Gasteiger partial charge is 0.378 e. The van der Waals surface area contributed by atoms with Gasteiger partial charge in [0, 0.05) is 0 Å². The summed E-state index contributed by atoms with van der Waals surface area (Å²) in [5, 5.41) is 0. The lowest BCUT2D eigenvalue weighted by Crippen LogP contribution is -2.10. The Kier molecular flexibility index (Phi) is 4.31. The summed E-state index contributed by atoms with van der Waals surface area (Å²) < 4.78 is 30.2. The van der Waals surface area contributed by atoms with Crippen LogP contribution in [-0.4, -0.2) is 14.2 Å². The van der Waals surface area contributed by atoms with E-state index in [1.165, 1.54) is 19.1 Å². The smallest absolute Gasteiger partial charge is 0.348 e. The van der Waals surface area contributed by atoms with E-state index in [2.05, 4.69) is 15.9 Å². The molecule has 1 heterocycles. The van der Waals surface area contributed by atoms with Crippen LogP contribution in [-0.2, 0) is 10.1 Å². The molecule has 0 spiro atoms. The molecule has 4 nitrogen and oxygen atoms in total. The summed E-state index contributed by atoms with van der Waals surface area (Å²) in [5.41, 5.74) is 1.06. The molecule has 1 aromatic heterocycles. The van der Waals surface area contributed by atoms with Crippen LogP contribution in [0.4, 0.5) is 0 Å². The molecule has 0 aliphatic heterocycles. The number of carbonyl (C=O) groups excluding carboxylic acids is 1. The van der Waals surface area contributed by atoms with Crippen molar-refractivity contribution in [1.82, 2.24) is 0 Å². The minimum atomic E-state index is -3.93. The van der Waals surface area contributed by atoms with E-state index >= 15 is 0 Å². The number of aryl methyl sites for hydroxylation is 1. The topological polar surface area (TPSA) is 60.4 Å². The standard InChI is InChI=1S/C13H11BrO4S2/c1-8-3-4-10(9(2)15)11(7-8)18-20(16,17)13-6-5-12(14)19-13/h3-7H,1-2H3. The molecule has 0 aliphatic carbocycles. The summed E-state index contributed by atoms with van der Waals surface area (Å²) in [4.78, 5) is 11.5. The lowest BCUT2D eigenvalue weighted by atomic mass is 10.1. The maximum Gasteiger partial charge on any atom is 0.348 e. The molecule has 0 atom stereocenters. The lowest BCUT2D eigenvalue weighted by molar-refractivity contribution is 0.101. The Labute approximate surface area is 129 Å². The van der Waals surface area contributed by atoms with E-state index < -0.39 is 10.1 Å². The maximum absolute atomic E-state index is 12.2. The van der Waals surface area contributed by atoms with Crippen molar-refractivity contribution >= 4 is 43.2 Å². The molecular formula is C13H11BrO4S2. The number of halogens is 1. The summed E-state index contributed by atoms with van der Waals surface area (Å²) in [5.74, 6) is -0.190. The molecule has 0 radical (unpaired) electrons. The Balaban J connectivity index is 2.44.